The normalized spacial score (nSPS) is 15.7. The molecule has 0 amide bonds. The molecular weight excluding hydrogens is 316 g/mol. The number of ether oxygens (including phenoxy) is 1. The maximum absolute atomic E-state index is 5.87. The third-order valence-electron chi connectivity index (χ3n) is 3.82. The van der Waals surface area contributed by atoms with Gasteiger partial charge in [0, 0.05) is 37.6 Å². The second kappa shape index (κ2) is 8.29. The number of nitrogens with zero attached hydrogens (tertiary/aromatic N) is 3. The second-order valence-electron chi connectivity index (χ2n) is 5.51. The third kappa shape index (κ3) is 5.20. The number of benzene rings is 1. The molecule has 6 nitrogen and oxygen atoms in total. The van der Waals surface area contributed by atoms with Crippen molar-refractivity contribution in [2.45, 2.75) is 12.8 Å². The van der Waals surface area contributed by atoms with Crippen molar-refractivity contribution in [1.82, 2.24) is 15.1 Å². The van der Waals surface area contributed by atoms with E-state index in [4.69, 9.17) is 20.8 Å². The second-order valence-corrected chi connectivity index (χ2v) is 5.94. The lowest BCUT2D eigenvalue weighted by atomic mass is 10.1. The molecule has 1 aromatic heterocycles. The van der Waals surface area contributed by atoms with Gasteiger partial charge in [-0.2, -0.15) is 0 Å². The number of morpholine rings is 1. The number of hydrogen-bond donors (Lipinski definition) is 1. The van der Waals surface area contributed by atoms with Crippen LogP contribution in [0.2, 0.25) is 5.02 Å². The van der Waals surface area contributed by atoms with Crippen molar-refractivity contribution in [1.29, 1.82) is 0 Å². The lowest BCUT2D eigenvalue weighted by Gasteiger charge is -2.25. The van der Waals surface area contributed by atoms with Crippen LogP contribution in [0.4, 0.5) is 6.01 Å². The maximum atomic E-state index is 5.87. The largest absolute Gasteiger partial charge is 0.408 e. The molecule has 0 saturated carbocycles. The minimum Gasteiger partial charge on any atom is -0.408 e. The van der Waals surface area contributed by atoms with Crippen LogP contribution in [0.15, 0.2) is 28.7 Å². The summed E-state index contributed by atoms with van der Waals surface area (Å²) in [4.78, 5) is 2.35. The predicted octanol–water partition coefficient (Wildman–Crippen LogP) is 2.25. The molecule has 0 bridgehead atoms. The molecule has 3 rings (SSSR count). The highest BCUT2D eigenvalue weighted by molar-refractivity contribution is 6.30. The van der Waals surface area contributed by atoms with Crippen molar-refractivity contribution in [2.24, 2.45) is 0 Å². The smallest absolute Gasteiger partial charge is 0.315 e. The SMILES string of the molecule is Clc1ccc(CCNc2nnc(CCN3CCOCC3)o2)cc1. The Morgan fingerprint density at radius 1 is 1.09 bits per heavy atom. The quantitative estimate of drug-likeness (QED) is 0.836. The summed E-state index contributed by atoms with van der Waals surface area (Å²) in [5.41, 5.74) is 1.22. The Labute approximate surface area is 140 Å². The van der Waals surface area contributed by atoms with Gasteiger partial charge in [-0.25, -0.2) is 0 Å². The summed E-state index contributed by atoms with van der Waals surface area (Å²) in [5.74, 6) is 0.672. The van der Waals surface area contributed by atoms with E-state index in [9.17, 15) is 0 Å². The first-order chi connectivity index (χ1) is 11.3. The molecule has 2 heterocycles. The summed E-state index contributed by atoms with van der Waals surface area (Å²) >= 11 is 5.87. The van der Waals surface area contributed by atoms with Gasteiger partial charge in [0.2, 0.25) is 5.89 Å². The highest BCUT2D eigenvalue weighted by atomic mass is 35.5. The highest BCUT2D eigenvalue weighted by Crippen LogP contribution is 2.11. The lowest BCUT2D eigenvalue weighted by molar-refractivity contribution is 0.0377. The van der Waals surface area contributed by atoms with Crippen LogP contribution in [0.25, 0.3) is 0 Å². The minimum atomic E-state index is 0.482. The van der Waals surface area contributed by atoms with Gasteiger partial charge in [-0.15, -0.1) is 5.10 Å². The van der Waals surface area contributed by atoms with Crippen LogP contribution in [0, 0.1) is 0 Å². The van der Waals surface area contributed by atoms with Crippen molar-refractivity contribution >= 4 is 17.6 Å². The van der Waals surface area contributed by atoms with Crippen LogP contribution in [-0.4, -0.2) is 54.5 Å². The fourth-order valence-electron chi connectivity index (χ4n) is 2.47. The Balaban J connectivity index is 1.39. The molecule has 1 saturated heterocycles. The Hall–Kier alpha value is -1.63. The van der Waals surface area contributed by atoms with E-state index in [0.717, 1.165) is 57.3 Å². The van der Waals surface area contributed by atoms with E-state index in [0.29, 0.717) is 11.9 Å². The highest BCUT2D eigenvalue weighted by Gasteiger charge is 2.12. The Morgan fingerprint density at radius 3 is 2.65 bits per heavy atom. The van der Waals surface area contributed by atoms with Crippen molar-refractivity contribution in [3.8, 4) is 0 Å². The van der Waals surface area contributed by atoms with E-state index in [1.165, 1.54) is 5.56 Å². The monoisotopic (exact) mass is 336 g/mol. The molecule has 1 N–H and O–H groups in total. The summed E-state index contributed by atoms with van der Waals surface area (Å²) in [6, 6.07) is 8.31. The van der Waals surface area contributed by atoms with E-state index in [-0.39, 0.29) is 0 Å². The first-order valence-corrected chi connectivity index (χ1v) is 8.28. The van der Waals surface area contributed by atoms with E-state index in [1.54, 1.807) is 0 Å². The van der Waals surface area contributed by atoms with Gasteiger partial charge in [-0.05, 0) is 24.1 Å². The van der Waals surface area contributed by atoms with E-state index in [2.05, 4.69) is 20.4 Å². The van der Waals surface area contributed by atoms with Gasteiger partial charge in [0.05, 0.1) is 13.2 Å². The maximum Gasteiger partial charge on any atom is 0.315 e. The first kappa shape index (κ1) is 16.2. The van der Waals surface area contributed by atoms with Crippen LogP contribution in [-0.2, 0) is 17.6 Å². The number of hydrogen-bond acceptors (Lipinski definition) is 6. The number of anilines is 1. The molecule has 1 aliphatic heterocycles. The molecule has 0 aliphatic carbocycles. The molecule has 23 heavy (non-hydrogen) atoms. The third-order valence-corrected chi connectivity index (χ3v) is 4.07. The molecular formula is C16H21ClN4O2. The zero-order chi connectivity index (χ0) is 15.9. The van der Waals surface area contributed by atoms with Crippen LogP contribution in [0.1, 0.15) is 11.5 Å². The van der Waals surface area contributed by atoms with Gasteiger partial charge in [-0.1, -0.05) is 28.8 Å². The standard InChI is InChI=1S/C16H21ClN4O2/c17-14-3-1-13(2-4-14)5-7-18-16-20-19-15(23-16)6-8-21-9-11-22-12-10-21/h1-4H,5-12H2,(H,18,20). The van der Waals surface area contributed by atoms with Gasteiger partial charge in [0.25, 0.3) is 0 Å². The van der Waals surface area contributed by atoms with E-state index in [1.807, 2.05) is 24.3 Å². The Morgan fingerprint density at radius 2 is 1.87 bits per heavy atom. The van der Waals surface area contributed by atoms with Gasteiger partial charge in [-0.3, -0.25) is 4.90 Å². The zero-order valence-corrected chi connectivity index (χ0v) is 13.8. The Kier molecular flexibility index (Phi) is 5.85. The molecule has 1 fully saturated rings. The number of aromatic nitrogens is 2. The van der Waals surface area contributed by atoms with Gasteiger partial charge >= 0.3 is 6.01 Å². The van der Waals surface area contributed by atoms with Crippen LogP contribution < -0.4 is 5.32 Å². The zero-order valence-electron chi connectivity index (χ0n) is 13.0. The van der Waals surface area contributed by atoms with Crippen molar-refractivity contribution in [3.63, 3.8) is 0 Å². The molecule has 1 aliphatic rings. The van der Waals surface area contributed by atoms with Gasteiger partial charge < -0.3 is 14.5 Å². The lowest BCUT2D eigenvalue weighted by Crippen LogP contribution is -2.37. The first-order valence-electron chi connectivity index (χ1n) is 7.90. The van der Waals surface area contributed by atoms with E-state index < -0.39 is 0 Å². The molecule has 1 aromatic carbocycles. The molecule has 0 unspecified atom stereocenters. The minimum absolute atomic E-state index is 0.482. The summed E-state index contributed by atoms with van der Waals surface area (Å²) in [5, 5.41) is 12.0. The average molecular weight is 337 g/mol. The fourth-order valence-corrected chi connectivity index (χ4v) is 2.60. The molecule has 2 aromatic rings. The molecule has 124 valence electrons. The topological polar surface area (TPSA) is 63.4 Å². The summed E-state index contributed by atoms with van der Waals surface area (Å²) in [6.07, 6.45) is 1.65. The number of halogens is 1. The molecule has 7 heteroatoms. The fraction of sp³-hybridized carbons (Fsp3) is 0.500. The predicted molar refractivity (Wildman–Crippen MR) is 88.9 cm³/mol. The molecule has 0 spiro atoms. The molecule has 0 atom stereocenters. The Bertz CT molecular complexity index is 596. The van der Waals surface area contributed by atoms with E-state index >= 15 is 0 Å². The van der Waals surface area contributed by atoms with Crippen molar-refractivity contribution < 1.29 is 9.15 Å². The van der Waals surface area contributed by atoms with Crippen molar-refractivity contribution in [3.05, 3.63) is 40.7 Å². The van der Waals surface area contributed by atoms with Crippen LogP contribution in [0.3, 0.4) is 0 Å². The van der Waals surface area contributed by atoms with Crippen LogP contribution in [0.5, 0.6) is 0 Å². The summed E-state index contributed by atoms with van der Waals surface area (Å²) in [7, 11) is 0. The summed E-state index contributed by atoms with van der Waals surface area (Å²) in [6.45, 7) is 5.23. The van der Waals surface area contributed by atoms with Crippen LogP contribution >= 0.6 is 11.6 Å². The molecule has 0 radical (unpaired) electrons. The van der Waals surface area contributed by atoms with Gasteiger partial charge in [0.1, 0.15) is 0 Å². The van der Waals surface area contributed by atoms with Crippen molar-refractivity contribution in [2.75, 3.05) is 44.7 Å². The number of rotatable bonds is 7. The van der Waals surface area contributed by atoms with Gasteiger partial charge in [0.15, 0.2) is 0 Å². The summed E-state index contributed by atoms with van der Waals surface area (Å²) < 4.78 is 11.0. The average Bonchev–Trinajstić information content (AvgIpc) is 3.04. The number of nitrogens with one attached hydrogen (secondary N) is 1.